The number of hydrogen-bond acceptors (Lipinski definition) is 5. The van der Waals surface area contributed by atoms with Crippen molar-refractivity contribution in [3.8, 4) is 0 Å². The second-order valence-corrected chi connectivity index (χ2v) is 6.87. The van der Waals surface area contributed by atoms with E-state index in [0.717, 1.165) is 37.7 Å². The zero-order valence-electron chi connectivity index (χ0n) is 15.1. The summed E-state index contributed by atoms with van der Waals surface area (Å²) >= 11 is 0. The molecule has 1 aromatic carbocycles. The van der Waals surface area contributed by atoms with E-state index >= 15 is 0 Å². The maximum atomic E-state index is 11.9. The van der Waals surface area contributed by atoms with Crippen LogP contribution < -0.4 is 15.5 Å². The molecule has 1 aliphatic heterocycles. The minimum Gasteiger partial charge on any atom is -0.444 e. The molecule has 0 bridgehead atoms. The molecule has 1 fully saturated rings. The lowest BCUT2D eigenvalue weighted by molar-refractivity contribution is -0.116. The number of benzene rings is 1. The van der Waals surface area contributed by atoms with E-state index < -0.39 is 11.7 Å². The van der Waals surface area contributed by atoms with Crippen molar-refractivity contribution in [2.24, 2.45) is 0 Å². The summed E-state index contributed by atoms with van der Waals surface area (Å²) < 4.78 is 10.5. The monoisotopic (exact) mass is 349 g/mol. The summed E-state index contributed by atoms with van der Waals surface area (Å²) in [5.74, 6) is -0.157. The lowest BCUT2D eigenvalue weighted by Gasteiger charge is -2.28. The number of nitrogens with zero attached hydrogens (tertiary/aromatic N) is 1. The topological polar surface area (TPSA) is 79.9 Å². The summed E-state index contributed by atoms with van der Waals surface area (Å²) in [6.07, 6.45) is -0.333. The number of amides is 2. The normalized spacial score (nSPS) is 14.8. The van der Waals surface area contributed by atoms with Crippen LogP contribution in [-0.4, -0.2) is 50.4 Å². The fourth-order valence-electron chi connectivity index (χ4n) is 2.39. The smallest absolute Gasteiger partial charge is 0.407 e. The summed E-state index contributed by atoms with van der Waals surface area (Å²) in [4.78, 5) is 25.7. The van der Waals surface area contributed by atoms with E-state index in [1.807, 2.05) is 24.3 Å². The van der Waals surface area contributed by atoms with Gasteiger partial charge in [0.05, 0.1) is 13.2 Å². The number of rotatable bonds is 5. The standard InChI is InChI=1S/C18H27N3O4/c1-18(2,3)25-17(23)19-9-8-16(22)20-14-4-6-15(7-5-14)21-10-12-24-13-11-21/h4-7H,8-13H2,1-3H3,(H,19,23)(H,20,22). The van der Waals surface area contributed by atoms with Gasteiger partial charge in [0, 0.05) is 37.4 Å². The molecule has 0 aliphatic carbocycles. The van der Waals surface area contributed by atoms with Gasteiger partial charge < -0.3 is 25.0 Å². The highest BCUT2D eigenvalue weighted by atomic mass is 16.6. The Labute approximate surface area is 148 Å². The van der Waals surface area contributed by atoms with Crippen LogP contribution in [-0.2, 0) is 14.3 Å². The molecule has 0 spiro atoms. The molecule has 1 heterocycles. The Balaban J connectivity index is 1.72. The number of carbonyl (C=O) groups excluding carboxylic acids is 2. The summed E-state index contributed by atoms with van der Waals surface area (Å²) in [5, 5.41) is 5.39. The van der Waals surface area contributed by atoms with Gasteiger partial charge in [-0.25, -0.2) is 4.79 Å². The number of morpholine rings is 1. The predicted octanol–water partition coefficient (Wildman–Crippen LogP) is 2.38. The highest BCUT2D eigenvalue weighted by Gasteiger charge is 2.16. The first-order valence-electron chi connectivity index (χ1n) is 8.53. The Morgan fingerprint density at radius 1 is 1.16 bits per heavy atom. The minimum atomic E-state index is -0.547. The number of anilines is 2. The zero-order valence-corrected chi connectivity index (χ0v) is 15.1. The third kappa shape index (κ3) is 7.01. The quantitative estimate of drug-likeness (QED) is 0.853. The van der Waals surface area contributed by atoms with Crippen LogP contribution in [0.3, 0.4) is 0 Å². The third-order valence-electron chi connectivity index (χ3n) is 3.55. The highest BCUT2D eigenvalue weighted by Crippen LogP contribution is 2.19. The van der Waals surface area contributed by atoms with E-state index in [9.17, 15) is 9.59 Å². The minimum absolute atomic E-state index is 0.157. The SMILES string of the molecule is CC(C)(C)OC(=O)NCCC(=O)Nc1ccc(N2CCOCC2)cc1. The van der Waals surface area contributed by atoms with E-state index in [4.69, 9.17) is 9.47 Å². The highest BCUT2D eigenvalue weighted by molar-refractivity contribution is 5.91. The van der Waals surface area contributed by atoms with E-state index in [0.29, 0.717) is 0 Å². The van der Waals surface area contributed by atoms with Gasteiger partial charge in [-0.15, -0.1) is 0 Å². The lowest BCUT2D eigenvalue weighted by Crippen LogP contribution is -2.36. The van der Waals surface area contributed by atoms with Crippen molar-refractivity contribution in [2.45, 2.75) is 32.8 Å². The summed E-state index contributed by atoms with van der Waals surface area (Å²) in [5.41, 5.74) is 1.31. The Morgan fingerprint density at radius 2 is 1.80 bits per heavy atom. The van der Waals surface area contributed by atoms with Crippen LogP contribution in [0.4, 0.5) is 16.2 Å². The van der Waals surface area contributed by atoms with Gasteiger partial charge in [0.25, 0.3) is 0 Å². The fraction of sp³-hybridized carbons (Fsp3) is 0.556. The molecule has 2 N–H and O–H groups in total. The molecule has 1 aliphatic rings. The lowest BCUT2D eigenvalue weighted by atomic mass is 10.2. The first kappa shape index (κ1) is 19.1. The van der Waals surface area contributed by atoms with Gasteiger partial charge in [0.1, 0.15) is 5.60 Å². The van der Waals surface area contributed by atoms with E-state index in [1.54, 1.807) is 20.8 Å². The number of carbonyl (C=O) groups is 2. The molecule has 25 heavy (non-hydrogen) atoms. The molecular weight excluding hydrogens is 322 g/mol. The zero-order chi connectivity index (χ0) is 18.3. The van der Waals surface area contributed by atoms with Gasteiger partial charge in [0.15, 0.2) is 0 Å². The molecular formula is C18H27N3O4. The van der Waals surface area contributed by atoms with Crippen molar-refractivity contribution in [3.63, 3.8) is 0 Å². The van der Waals surface area contributed by atoms with Crippen LogP contribution >= 0.6 is 0 Å². The van der Waals surface area contributed by atoms with Crippen molar-refractivity contribution in [1.29, 1.82) is 0 Å². The molecule has 0 atom stereocenters. The van der Waals surface area contributed by atoms with E-state index in [-0.39, 0.29) is 18.9 Å². The van der Waals surface area contributed by atoms with E-state index in [1.165, 1.54) is 0 Å². The Morgan fingerprint density at radius 3 is 2.40 bits per heavy atom. The number of ether oxygens (including phenoxy) is 2. The average molecular weight is 349 g/mol. The molecule has 0 unspecified atom stereocenters. The van der Waals surface area contributed by atoms with Crippen LogP contribution in [0, 0.1) is 0 Å². The third-order valence-corrected chi connectivity index (χ3v) is 3.55. The Kier molecular flexibility index (Phi) is 6.64. The molecule has 7 heteroatoms. The number of alkyl carbamates (subject to hydrolysis) is 1. The van der Waals surface area contributed by atoms with Crippen molar-refractivity contribution in [2.75, 3.05) is 43.1 Å². The molecule has 1 saturated heterocycles. The first-order valence-corrected chi connectivity index (χ1v) is 8.53. The van der Waals surface area contributed by atoms with Crippen molar-refractivity contribution < 1.29 is 19.1 Å². The molecule has 0 radical (unpaired) electrons. The van der Waals surface area contributed by atoms with Crippen LogP contribution in [0.25, 0.3) is 0 Å². The molecule has 2 amide bonds. The van der Waals surface area contributed by atoms with Crippen molar-refractivity contribution in [1.82, 2.24) is 5.32 Å². The molecule has 0 aromatic heterocycles. The van der Waals surface area contributed by atoms with Crippen molar-refractivity contribution in [3.05, 3.63) is 24.3 Å². The second-order valence-electron chi connectivity index (χ2n) is 6.87. The van der Waals surface area contributed by atoms with E-state index in [2.05, 4.69) is 15.5 Å². The van der Waals surface area contributed by atoms with Gasteiger partial charge >= 0.3 is 6.09 Å². The first-order chi connectivity index (χ1) is 11.8. The molecule has 1 aromatic rings. The van der Waals surface area contributed by atoms with Gasteiger partial charge in [-0.2, -0.15) is 0 Å². The van der Waals surface area contributed by atoms with Crippen LogP contribution in [0.2, 0.25) is 0 Å². The van der Waals surface area contributed by atoms with Gasteiger partial charge in [-0.1, -0.05) is 0 Å². The Hall–Kier alpha value is -2.28. The maximum absolute atomic E-state index is 11.9. The summed E-state index contributed by atoms with van der Waals surface area (Å²) in [6.45, 7) is 8.84. The fourth-order valence-corrected chi connectivity index (χ4v) is 2.39. The van der Waals surface area contributed by atoms with Crippen LogP contribution in [0.1, 0.15) is 27.2 Å². The van der Waals surface area contributed by atoms with Crippen molar-refractivity contribution >= 4 is 23.4 Å². The van der Waals surface area contributed by atoms with Gasteiger partial charge in [-0.3, -0.25) is 4.79 Å². The molecule has 7 nitrogen and oxygen atoms in total. The van der Waals surface area contributed by atoms with Crippen LogP contribution in [0.5, 0.6) is 0 Å². The maximum Gasteiger partial charge on any atom is 0.407 e. The molecule has 2 rings (SSSR count). The largest absolute Gasteiger partial charge is 0.444 e. The van der Waals surface area contributed by atoms with Crippen LogP contribution in [0.15, 0.2) is 24.3 Å². The summed E-state index contributed by atoms with van der Waals surface area (Å²) in [6, 6.07) is 7.73. The van der Waals surface area contributed by atoms with Gasteiger partial charge in [-0.05, 0) is 45.0 Å². The number of hydrogen-bond donors (Lipinski definition) is 2. The second kappa shape index (κ2) is 8.71. The molecule has 138 valence electrons. The average Bonchev–Trinajstić information content (AvgIpc) is 2.54. The Bertz CT molecular complexity index is 575. The molecule has 0 saturated carbocycles. The van der Waals surface area contributed by atoms with Gasteiger partial charge in [0.2, 0.25) is 5.91 Å². The predicted molar refractivity (Wildman–Crippen MR) is 97.0 cm³/mol. The number of nitrogens with one attached hydrogen (secondary N) is 2. The summed E-state index contributed by atoms with van der Waals surface area (Å²) in [7, 11) is 0.